The zero-order chi connectivity index (χ0) is 20.3. The van der Waals surface area contributed by atoms with E-state index in [-0.39, 0.29) is 31.3 Å². The molecule has 1 aliphatic rings. The Bertz CT molecular complexity index is 868. The minimum absolute atomic E-state index is 0.0514. The first-order valence-electron chi connectivity index (χ1n) is 8.38. The summed E-state index contributed by atoms with van der Waals surface area (Å²) in [6.45, 7) is 0.107. The summed E-state index contributed by atoms with van der Waals surface area (Å²) in [6.07, 6.45) is -5.20. The Labute approximate surface area is 157 Å². The van der Waals surface area contributed by atoms with E-state index in [0.29, 0.717) is 17.0 Å². The summed E-state index contributed by atoms with van der Waals surface area (Å²) in [7, 11) is 0. The lowest BCUT2D eigenvalue weighted by Gasteiger charge is -2.18. The normalized spacial score (nSPS) is 16.9. The SMILES string of the molecule is O=C1C[C@H](NC(=O)C(F)(F)F)CN1c1ccc(OCc2cccc(F)c2)cc1. The molecular formula is C19H16F4N2O3. The number of anilines is 1. The van der Waals surface area contributed by atoms with Crippen molar-refractivity contribution < 1.29 is 31.9 Å². The van der Waals surface area contributed by atoms with E-state index in [0.717, 1.165) is 0 Å². The van der Waals surface area contributed by atoms with Gasteiger partial charge in [0.2, 0.25) is 5.91 Å². The Morgan fingerprint density at radius 2 is 1.89 bits per heavy atom. The van der Waals surface area contributed by atoms with Gasteiger partial charge in [-0.05, 0) is 42.0 Å². The number of halogens is 4. The van der Waals surface area contributed by atoms with Gasteiger partial charge in [-0.1, -0.05) is 12.1 Å². The first-order chi connectivity index (χ1) is 13.2. The van der Waals surface area contributed by atoms with Gasteiger partial charge in [0.1, 0.15) is 18.2 Å². The molecule has 0 radical (unpaired) electrons. The minimum atomic E-state index is -4.99. The van der Waals surface area contributed by atoms with Gasteiger partial charge in [-0.3, -0.25) is 9.59 Å². The molecule has 1 heterocycles. The number of nitrogens with one attached hydrogen (secondary N) is 1. The Balaban J connectivity index is 1.58. The summed E-state index contributed by atoms with van der Waals surface area (Å²) >= 11 is 0. The fraction of sp³-hybridized carbons (Fsp3) is 0.263. The summed E-state index contributed by atoms with van der Waals surface area (Å²) in [6, 6.07) is 11.4. The molecule has 2 amide bonds. The summed E-state index contributed by atoms with van der Waals surface area (Å²) in [4.78, 5) is 24.4. The molecule has 0 spiro atoms. The first kappa shape index (κ1) is 19.7. The van der Waals surface area contributed by atoms with E-state index in [1.165, 1.54) is 17.0 Å². The fourth-order valence-electron chi connectivity index (χ4n) is 2.84. The average Bonchev–Trinajstić information content (AvgIpc) is 3.00. The van der Waals surface area contributed by atoms with Crippen LogP contribution >= 0.6 is 0 Å². The van der Waals surface area contributed by atoms with Gasteiger partial charge in [-0.25, -0.2) is 4.39 Å². The maximum Gasteiger partial charge on any atom is 0.471 e. The quantitative estimate of drug-likeness (QED) is 0.790. The largest absolute Gasteiger partial charge is 0.489 e. The van der Waals surface area contributed by atoms with Crippen LogP contribution in [-0.2, 0) is 16.2 Å². The molecule has 1 saturated heterocycles. The number of benzene rings is 2. The number of alkyl halides is 3. The van der Waals surface area contributed by atoms with Crippen molar-refractivity contribution in [3.63, 3.8) is 0 Å². The van der Waals surface area contributed by atoms with Gasteiger partial charge in [-0.15, -0.1) is 0 Å². The van der Waals surface area contributed by atoms with E-state index in [1.54, 1.807) is 36.4 Å². The van der Waals surface area contributed by atoms with E-state index in [4.69, 9.17) is 4.74 Å². The van der Waals surface area contributed by atoms with Crippen molar-refractivity contribution in [2.45, 2.75) is 25.2 Å². The Kier molecular flexibility index (Phi) is 5.53. The topological polar surface area (TPSA) is 58.6 Å². The van der Waals surface area contributed by atoms with Gasteiger partial charge in [0.05, 0.1) is 6.04 Å². The van der Waals surface area contributed by atoms with Crippen molar-refractivity contribution >= 4 is 17.5 Å². The van der Waals surface area contributed by atoms with Crippen LogP contribution in [0.5, 0.6) is 5.75 Å². The highest BCUT2D eigenvalue weighted by Crippen LogP contribution is 2.25. The van der Waals surface area contributed by atoms with Crippen LogP contribution in [0.4, 0.5) is 23.2 Å². The molecule has 0 saturated carbocycles. The smallest absolute Gasteiger partial charge is 0.471 e. The van der Waals surface area contributed by atoms with Crippen molar-refractivity contribution in [3.8, 4) is 5.75 Å². The Morgan fingerprint density at radius 3 is 2.54 bits per heavy atom. The third-order valence-electron chi connectivity index (χ3n) is 4.16. The Morgan fingerprint density at radius 1 is 1.18 bits per heavy atom. The van der Waals surface area contributed by atoms with Crippen LogP contribution in [-0.4, -0.2) is 30.6 Å². The molecular weight excluding hydrogens is 380 g/mol. The van der Waals surface area contributed by atoms with E-state index in [2.05, 4.69) is 0 Å². The fourth-order valence-corrected chi connectivity index (χ4v) is 2.84. The minimum Gasteiger partial charge on any atom is -0.489 e. The van der Waals surface area contributed by atoms with Gasteiger partial charge in [0.25, 0.3) is 0 Å². The maximum absolute atomic E-state index is 13.1. The van der Waals surface area contributed by atoms with Gasteiger partial charge in [0, 0.05) is 18.7 Å². The van der Waals surface area contributed by atoms with Crippen LogP contribution in [0, 0.1) is 5.82 Å². The van der Waals surface area contributed by atoms with Crippen molar-refractivity contribution in [2.24, 2.45) is 0 Å². The summed E-state index contributed by atoms with van der Waals surface area (Å²) < 4.78 is 55.7. The standard InChI is InChI=1S/C19H16F4N2O3/c20-13-3-1-2-12(8-13)11-28-16-6-4-15(5-7-16)25-10-14(9-17(25)26)24-18(27)19(21,22)23/h1-8,14H,9-11H2,(H,24,27)/t14-/m0/s1. The second kappa shape index (κ2) is 7.87. The van der Waals surface area contributed by atoms with Gasteiger partial charge in [0.15, 0.2) is 0 Å². The van der Waals surface area contributed by atoms with E-state index < -0.39 is 18.1 Å². The van der Waals surface area contributed by atoms with Crippen LogP contribution in [0.25, 0.3) is 0 Å². The molecule has 3 rings (SSSR count). The molecule has 0 aromatic heterocycles. The molecule has 0 unspecified atom stereocenters. The lowest BCUT2D eigenvalue weighted by Crippen LogP contribution is -2.44. The zero-order valence-electron chi connectivity index (χ0n) is 14.5. The lowest BCUT2D eigenvalue weighted by molar-refractivity contribution is -0.174. The summed E-state index contributed by atoms with van der Waals surface area (Å²) in [5, 5.41) is 1.82. The van der Waals surface area contributed by atoms with Crippen LogP contribution < -0.4 is 15.0 Å². The number of hydrogen-bond donors (Lipinski definition) is 1. The lowest BCUT2D eigenvalue weighted by atomic mass is 10.2. The molecule has 0 bridgehead atoms. The number of hydrogen-bond acceptors (Lipinski definition) is 3. The highest BCUT2D eigenvalue weighted by atomic mass is 19.4. The van der Waals surface area contributed by atoms with Crippen LogP contribution in [0.1, 0.15) is 12.0 Å². The number of rotatable bonds is 5. The van der Waals surface area contributed by atoms with Crippen LogP contribution in [0.3, 0.4) is 0 Å². The van der Waals surface area contributed by atoms with Gasteiger partial charge >= 0.3 is 12.1 Å². The first-order valence-corrected chi connectivity index (χ1v) is 8.38. The second-order valence-corrected chi connectivity index (χ2v) is 6.29. The molecule has 1 fully saturated rings. The van der Waals surface area contributed by atoms with Crippen molar-refractivity contribution in [1.29, 1.82) is 0 Å². The van der Waals surface area contributed by atoms with Crippen molar-refractivity contribution in [3.05, 3.63) is 59.9 Å². The molecule has 2 aromatic carbocycles. The number of ether oxygens (including phenoxy) is 1. The monoisotopic (exact) mass is 396 g/mol. The van der Waals surface area contributed by atoms with Crippen molar-refractivity contribution in [2.75, 3.05) is 11.4 Å². The van der Waals surface area contributed by atoms with Crippen LogP contribution in [0.15, 0.2) is 48.5 Å². The molecule has 1 aliphatic heterocycles. The third kappa shape index (κ3) is 4.79. The second-order valence-electron chi connectivity index (χ2n) is 6.29. The van der Waals surface area contributed by atoms with E-state index in [9.17, 15) is 27.2 Å². The van der Waals surface area contributed by atoms with Crippen molar-refractivity contribution in [1.82, 2.24) is 5.32 Å². The number of carbonyl (C=O) groups is 2. The van der Waals surface area contributed by atoms with E-state index in [1.807, 2.05) is 5.32 Å². The number of amides is 2. The summed E-state index contributed by atoms with van der Waals surface area (Å²) in [5.74, 6) is -2.33. The van der Waals surface area contributed by atoms with Gasteiger partial charge < -0.3 is 15.0 Å². The number of carbonyl (C=O) groups excluding carboxylic acids is 2. The number of nitrogens with zero attached hydrogens (tertiary/aromatic N) is 1. The molecule has 28 heavy (non-hydrogen) atoms. The Hall–Kier alpha value is -3.10. The molecule has 9 heteroatoms. The van der Waals surface area contributed by atoms with E-state index >= 15 is 0 Å². The molecule has 5 nitrogen and oxygen atoms in total. The highest BCUT2D eigenvalue weighted by molar-refractivity contribution is 5.97. The predicted octanol–water partition coefficient (Wildman–Crippen LogP) is 3.19. The maximum atomic E-state index is 13.1. The molecule has 2 aromatic rings. The molecule has 1 atom stereocenters. The molecule has 0 aliphatic carbocycles. The average molecular weight is 396 g/mol. The van der Waals surface area contributed by atoms with Gasteiger partial charge in [-0.2, -0.15) is 13.2 Å². The van der Waals surface area contributed by atoms with Crippen LogP contribution in [0.2, 0.25) is 0 Å². The molecule has 1 N–H and O–H groups in total. The zero-order valence-corrected chi connectivity index (χ0v) is 14.5. The summed E-state index contributed by atoms with van der Waals surface area (Å²) in [5.41, 5.74) is 1.13. The molecule has 148 valence electrons. The third-order valence-corrected chi connectivity index (χ3v) is 4.16. The predicted molar refractivity (Wildman–Crippen MR) is 92.1 cm³/mol. The highest BCUT2D eigenvalue weighted by Gasteiger charge is 2.42.